The fourth-order valence-electron chi connectivity index (χ4n) is 2.35. The predicted molar refractivity (Wildman–Crippen MR) is 83.1 cm³/mol. The van der Waals surface area contributed by atoms with E-state index in [0.717, 1.165) is 12.8 Å². The molecule has 0 aliphatic carbocycles. The highest BCUT2D eigenvalue weighted by Gasteiger charge is 2.27. The minimum absolute atomic E-state index is 0.0262. The zero-order chi connectivity index (χ0) is 15.5. The number of rotatable bonds is 5. The summed E-state index contributed by atoms with van der Waals surface area (Å²) < 4.78 is 33.6. The Hall–Kier alpha value is -0.740. The lowest BCUT2D eigenvalue weighted by molar-refractivity contribution is 0.0585. The minimum atomic E-state index is -3.70. The van der Waals surface area contributed by atoms with E-state index in [0.29, 0.717) is 17.7 Å². The molecule has 1 saturated heterocycles. The largest absolute Gasteiger partial charge is 0.381 e. The SMILES string of the molecule is CC(NS(=O)(=O)c1cc(Br)cnc1NN)C1CCOCC1. The second-order valence-electron chi connectivity index (χ2n) is 5.00. The van der Waals surface area contributed by atoms with Crippen LogP contribution in [0, 0.1) is 5.92 Å². The van der Waals surface area contributed by atoms with Crippen LogP contribution >= 0.6 is 15.9 Å². The molecule has 2 rings (SSSR count). The molecule has 2 heterocycles. The van der Waals surface area contributed by atoms with Gasteiger partial charge in [-0.05, 0) is 47.7 Å². The maximum atomic E-state index is 12.5. The summed E-state index contributed by atoms with van der Waals surface area (Å²) in [5.74, 6) is 5.72. The third-order valence-electron chi connectivity index (χ3n) is 3.56. The van der Waals surface area contributed by atoms with Gasteiger partial charge in [-0.15, -0.1) is 0 Å². The highest BCUT2D eigenvalue weighted by Crippen LogP contribution is 2.24. The summed E-state index contributed by atoms with van der Waals surface area (Å²) in [4.78, 5) is 3.99. The van der Waals surface area contributed by atoms with Crippen molar-refractivity contribution < 1.29 is 13.2 Å². The maximum absolute atomic E-state index is 12.5. The fraction of sp³-hybridized carbons (Fsp3) is 0.583. The Bertz CT molecular complexity index is 590. The lowest BCUT2D eigenvalue weighted by Crippen LogP contribution is -2.40. The van der Waals surface area contributed by atoms with Crippen molar-refractivity contribution in [3.8, 4) is 0 Å². The molecule has 1 unspecified atom stereocenters. The van der Waals surface area contributed by atoms with Crippen molar-refractivity contribution in [1.82, 2.24) is 9.71 Å². The summed E-state index contributed by atoms with van der Waals surface area (Å²) in [7, 11) is -3.70. The van der Waals surface area contributed by atoms with Gasteiger partial charge in [-0.3, -0.25) is 0 Å². The maximum Gasteiger partial charge on any atom is 0.244 e. The van der Waals surface area contributed by atoms with Gasteiger partial charge in [0.2, 0.25) is 10.0 Å². The Morgan fingerprint density at radius 1 is 1.48 bits per heavy atom. The van der Waals surface area contributed by atoms with E-state index in [4.69, 9.17) is 10.6 Å². The van der Waals surface area contributed by atoms with Gasteiger partial charge in [-0.25, -0.2) is 24.0 Å². The molecule has 1 aromatic rings. The zero-order valence-corrected chi connectivity index (χ0v) is 14.1. The lowest BCUT2D eigenvalue weighted by atomic mass is 9.94. The summed E-state index contributed by atoms with van der Waals surface area (Å²) in [6.07, 6.45) is 3.18. The third-order valence-corrected chi connectivity index (χ3v) is 5.57. The zero-order valence-electron chi connectivity index (χ0n) is 11.7. The number of hydrazine groups is 1. The van der Waals surface area contributed by atoms with Crippen molar-refractivity contribution in [2.45, 2.75) is 30.7 Å². The number of anilines is 1. The van der Waals surface area contributed by atoms with Crippen LogP contribution in [0.3, 0.4) is 0 Å². The second-order valence-corrected chi connectivity index (χ2v) is 7.60. The van der Waals surface area contributed by atoms with Crippen LogP contribution in [0.25, 0.3) is 0 Å². The number of aromatic nitrogens is 1. The molecule has 9 heteroatoms. The number of nitrogens with two attached hydrogens (primary N) is 1. The average Bonchev–Trinajstić information content (AvgIpc) is 2.47. The van der Waals surface area contributed by atoms with Gasteiger partial charge >= 0.3 is 0 Å². The van der Waals surface area contributed by atoms with Gasteiger partial charge in [0.1, 0.15) is 4.90 Å². The molecule has 1 aliphatic rings. The summed E-state index contributed by atoms with van der Waals surface area (Å²) in [6, 6.07) is 1.30. The van der Waals surface area contributed by atoms with E-state index in [1.54, 1.807) is 0 Å². The Morgan fingerprint density at radius 2 is 2.14 bits per heavy atom. The molecule has 0 spiro atoms. The van der Waals surface area contributed by atoms with Crippen LogP contribution in [0.1, 0.15) is 19.8 Å². The normalized spacial score (nSPS) is 18.4. The molecule has 1 atom stereocenters. The number of pyridine rings is 1. The van der Waals surface area contributed by atoms with Crippen molar-refractivity contribution in [3.05, 3.63) is 16.7 Å². The smallest absolute Gasteiger partial charge is 0.244 e. The Kier molecular flexibility index (Phi) is 5.55. The van der Waals surface area contributed by atoms with Crippen LogP contribution in [-0.2, 0) is 14.8 Å². The number of sulfonamides is 1. The first-order valence-corrected chi connectivity index (χ1v) is 8.94. The van der Waals surface area contributed by atoms with Crippen molar-refractivity contribution in [2.24, 2.45) is 11.8 Å². The summed E-state index contributed by atoms with van der Waals surface area (Å²) in [5, 5.41) is 0. The van der Waals surface area contributed by atoms with Crippen LogP contribution in [-0.4, -0.2) is 32.7 Å². The topological polar surface area (TPSA) is 106 Å². The first kappa shape index (κ1) is 16.6. The Morgan fingerprint density at radius 3 is 2.76 bits per heavy atom. The highest BCUT2D eigenvalue weighted by atomic mass is 79.9. The van der Waals surface area contributed by atoms with Crippen LogP contribution in [0.2, 0.25) is 0 Å². The van der Waals surface area contributed by atoms with Crippen LogP contribution < -0.4 is 16.0 Å². The average molecular weight is 379 g/mol. The number of halogens is 1. The van der Waals surface area contributed by atoms with Crippen LogP contribution in [0.5, 0.6) is 0 Å². The third kappa shape index (κ3) is 4.13. The van der Waals surface area contributed by atoms with E-state index in [1.165, 1.54) is 12.3 Å². The fourth-order valence-corrected chi connectivity index (χ4v) is 4.29. The van der Waals surface area contributed by atoms with Gasteiger partial charge in [0.05, 0.1) is 0 Å². The molecule has 1 aliphatic heterocycles. The van der Waals surface area contributed by atoms with Crippen molar-refractivity contribution in [1.29, 1.82) is 0 Å². The molecular weight excluding hydrogens is 360 g/mol. The lowest BCUT2D eigenvalue weighted by Gasteiger charge is -2.28. The molecule has 0 amide bonds. The summed E-state index contributed by atoms with van der Waals surface area (Å²) in [5.41, 5.74) is 2.31. The molecule has 1 fully saturated rings. The minimum Gasteiger partial charge on any atom is -0.381 e. The summed E-state index contributed by atoms with van der Waals surface area (Å²) >= 11 is 3.22. The highest BCUT2D eigenvalue weighted by molar-refractivity contribution is 9.10. The molecule has 4 N–H and O–H groups in total. The van der Waals surface area contributed by atoms with E-state index in [2.05, 4.69) is 31.1 Å². The van der Waals surface area contributed by atoms with Crippen LogP contribution in [0.15, 0.2) is 21.6 Å². The molecule has 0 aromatic carbocycles. The molecule has 21 heavy (non-hydrogen) atoms. The van der Waals surface area contributed by atoms with E-state index in [-0.39, 0.29) is 22.7 Å². The van der Waals surface area contributed by atoms with E-state index >= 15 is 0 Å². The number of hydrogen-bond acceptors (Lipinski definition) is 6. The molecular formula is C12H19BrN4O3S. The van der Waals surface area contributed by atoms with E-state index < -0.39 is 10.0 Å². The van der Waals surface area contributed by atoms with Gasteiger partial charge < -0.3 is 10.2 Å². The Balaban J connectivity index is 2.19. The quantitative estimate of drug-likeness (QED) is 0.525. The van der Waals surface area contributed by atoms with Gasteiger partial charge in [0.15, 0.2) is 5.82 Å². The van der Waals surface area contributed by atoms with Gasteiger partial charge in [-0.2, -0.15) is 0 Å². The molecule has 1 aromatic heterocycles. The number of hydrogen-bond donors (Lipinski definition) is 3. The molecule has 118 valence electrons. The van der Waals surface area contributed by atoms with Crippen molar-refractivity contribution in [3.63, 3.8) is 0 Å². The van der Waals surface area contributed by atoms with E-state index in [9.17, 15) is 8.42 Å². The van der Waals surface area contributed by atoms with Gasteiger partial charge in [-0.1, -0.05) is 0 Å². The molecule has 0 bridgehead atoms. The van der Waals surface area contributed by atoms with Crippen LogP contribution in [0.4, 0.5) is 5.82 Å². The number of nitrogen functional groups attached to an aromatic ring is 1. The second kappa shape index (κ2) is 7.01. The predicted octanol–water partition coefficient (Wildman–Crippen LogP) is 1.22. The van der Waals surface area contributed by atoms with E-state index in [1.807, 2.05) is 6.92 Å². The van der Waals surface area contributed by atoms with Gasteiger partial charge in [0, 0.05) is 29.9 Å². The molecule has 0 saturated carbocycles. The standard InChI is InChI=1S/C12H19BrN4O3S/c1-8(9-2-4-20-5-3-9)17-21(18,19)11-6-10(13)7-15-12(11)16-14/h6-9,17H,2-5,14H2,1H3,(H,15,16). The number of nitrogens with one attached hydrogen (secondary N) is 2. The monoisotopic (exact) mass is 378 g/mol. The summed E-state index contributed by atoms with van der Waals surface area (Å²) in [6.45, 7) is 3.21. The van der Waals surface area contributed by atoms with Gasteiger partial charge in [0.25, 0.3) is 0 Å². The van der Waals surface area contributed by atoms with Crippen molar-refractivity contribution >= 4 is 31.8 Å². The number of ether oxygens (including phenoxy) is 1. The molecule has 0 radical (unpaired) electrons. The van der Waals surface area contributed by atoms with Crippen molar-refractivity contribution in [2.75, 3.05) is 18.6 Å². The first-order valence-electron chi connectivity index (χ1n) is 6.66. The Labute approximate surface area is 132 Å². The number of nitrogens with zero attached hydrogens (tertiary/aromatic N) is 1. The first-order chi connectivity index (χ1) is 9.94. The molecule has 7 nitrogen and oxygen atoms in total.